The van der Waals surface area contributed by atoms with Gasteiger partial charge in [0, 0.05) is 21.8 Å². The molecule has 0 amide bonds. The normalized spacial score (nSPS) is 10.7. The van der Waals surface area contributed by atoms with Gasteiger partial charge in [-0.15, -0.1) is 5.73 Å². The Morgan fingerprint density at radius 3 is 1.76 bits per heavy atom. The minimum Gasteiger partial charge on any atom is -0.298 e. The number of imidazole rings is 1. The van der Waals surface area contributed by atoms with Gasteiger partial charge in [-0.3, -0.25) is 4.40 Å². The summed E-state index contributed by atoms with van der Waals surface area (Å²) in [4.78, 5) is 5.10. The molecule has 6 aromatic rings. The van der Waals surface area contributed by atoms with Crippen LogP contribution in [0.4, 0.5) is 0 Å². The lowest BCUT2D eigenvalue weighted by atomic mass is 9.94. The third kappa shape index (κ3) is 4.71. The van der Waals surface area contributed by atoms with E-state index in [1.54, 1.807) is 0 Å². The summed E-state index contributed by atoms with van der Waals surface area (Å²) in [6.45, 7) is 0. The van der Waals surface area contributed by atoms with Crippen LogP contribution in [0, 0.1) is 0 Å². The largest absolute Gasteiger partial charge is 0.298 e. The van der Waals surface area contributed by atoms with Gasteiger partial charge in [0.1, 0.15) is 5.65 Å². The van der Waals surface area contributed by atoms with E-state index in [0.29, 0.717) is 0 Å². The summed E-state index contributed by atoms with van der Waals surface area (Å²) >= 11 is 3.65. The van der Waals surface area contributed by atoms with Crippen LogP contribution in [0.2, 0.25) is 0 Å². The minimum absolute atomic E-state index is 0.892. The molecule has 0 aliphatic heterocycles. The molecule has 0 bridgehead atoms. The maximum absolute atomic E-state index is 5.10. The number of halogens is 1. The summed E-state index contributed by atoms with van der Waals surface area (Å²) in [6.07, 6.45) is 2.08. The Bertz CT molecular complexity index is 1700. The molecule has 2 heterocycles. The van der Waals surface area contributed by atoms with E-state index in [1.165, 1.54) is 0 Å². The maximum atomic E-state index is 5.10. The second-order valence-electron chi connectivity index (χ2n) is 8.72. The van der Waals surface area contributed by atoms with E-state index in [4.69, 9.17) is 4.98 Å². The number of aromatic nitrogens is 2. The van der Waals surface area contributed by atoms with Crippen molar-refractivity contribution in [3.05, 3.63) is 172 Å². The Hall–Kier alpha value is -4.43. The Morgan fingerprint density at radius 2 is 1.16 bits per heavy atom. The zero-order valence-electron chi connectivity index (χ0n) is 20.1. The molecular weight excluding hydrogens is 516 g/mol. The predicted molar refractivity (Wildman–Crippen MR) is 156 cm³/mol. The number of nitrogens with zero attached hydrogens (tertiary/aromatic N) is 2. The maximum Gasteiger partial charge on any atom is 0.137 e. The van der Waals surface area contributed by atoms with E-state index in [2.05, 4.69) is 117 Å². The summed E-state index contributed by atoms with van der Waals surface area (Å²) in [7, 11) is 0. The molecule has 0 aliphatic carbocycles. The molecule has 0 aliphatic rings. The lowest BCUT2D eigenvalue weighted by molar-refractivity contribution is 1.16. The number of hydrogen-bond acceptors (Lipinski definition) is 1. The second kappa shape index (κ2) is 10.3. The van der Waals surface area contributed by atoms with Gasteiger partial charge in [-0.1, -0.05) is 125 Å². The molecule has 2 nitrogen and oxygen atoms in total. The highest BCUT2D eigenvalue weighted by atomic mass is 79.9. The van der Waals surface area contributed by atoms with Crippen molar-refractivity contribution >= 4 is 32.7 Å². The number of pyridine rings is 1. The van der Waals surface area contributed by atoms with E-state index in [-0.39, 0.29) is 0 Å². The molecule has 0 saturated heterocycles. The van der Waals surface area contributed by atoms with Gasteiger partial charge in [0.2, 0.25) is 0 Å². The number of fused-ring (bicyclic) bond motifs is 1. The van der Waals surface area contributed by atoms with Crippen LogP contribution in [0.25, 0.3) is 28.1 Å². The monoisotopic (exact) mass is 538 g/mol. The van der Waals surface area contributed by atoms with Crippen LogP contribution in [-0.2, 0) is 0 Å². The van der Waals surface area contributed by atoms with Gasteiger partial charge in [0.05, 0.1) is 17.0 Å². The molecule has 2 aromatic heterocycles. The van der Waals surface area contributed by atoms with E-state index >= 15 is 0 Å². The minimum atomic E-state index is 0.892. The first kappa shape index (κ1) is 23.0. The van der Waals surface area contributed by atoms with Crippen LogP contribution in [0.3, 0.4) is 0 Å². The van der Waals surface area contributed by atoms with Crippen molar-refractivity contribution in [2.45, 2.75) is 0 Å². The van der Waals surface area contributed by atoms with Gasteiger partial charge in [0.25, 0.3) is 0 Å². The predicted octanol–water partition coefficient (Wildman–Crippen LogP) is 8.93. The van der Waals surface area contributed by atoms with Gasteiger partial charge >= 0.3 is 0 Å². The number of benzene rings is 4. The first-order chi connectivity index (χ1) is 18.3. The summed E-state index contributed by atoms with van der Waals surface area (Å²) in [5.74, 6) is 0. The van der Waals surface area contributed by atoms with E-state index in [0.717, 1.165) is 54.9 Å². The zero-order chi connectivity index (χ0) is 25.0. The quantitative estimate of drug-likeness (QED) is 0.200. The number of hydrogen-bond donors (Lipinski definition) is 0. The van der Waals surface area contributed by atoms with Gasteiger partial charge in [-0.25, -0.2) is 4.98 Å². The van der Waals surface area contributed by atoms with E-state index < -0.39 is 0 Å². The number of rotatable bonds is 5. The summed E-state index contributed by atoms with van der Waals surface area (Å²) < 4.78 is 3.18. The highest BCUT2D eigenvalue weighted by Crippen LogP contribution is 2.35. The fourth-order valence-corrected chi connectivity index (χ4v) is 4.99. The summed E-state index contributed by atoms with van der Waals surface area (Å²) in [5.41, 5.74) is 13.1. The standard InChI is InChI=1S/C34H23BrN2/c35-29-20-12-19-28(23-29)33-34(37-22-11-10-21-32(37)36-33)31(27-17-8-3-9-18-27)24-30(25-13-4-1-5-14-25)26-15-6-2-7-16-26/h1-23H. The van der Waals surface area contributed by atoms with Crippen molar-refractivity contribution < 1.29 is 0 Å². The molecule has 4 aromatic carbocycles. The fourth-order valence-electron chi connectivity index (χ4n) is 4.59. The van der Waals surface area contributed by atoms with Gasteiger partial charge in [-0.2, -0.15) is 0 Å². The molecular formula is C34H23BrN2. The first-order valence-electron chi connectivity index (χ1n) is 12.2. The molecule has 0 spiro atoms. The van der Waals surface area contributed by atoms with Crippen LogP contribution >= 0.6 is 15.9 Å². The van der Waals surface area contributed by atoms with Crippen molar-refractivity contribution in [3.8, 4) is 11.3 Å². The Morgan fingerprint density at radius 1 is 0.595 bits per heavy atom. The zero-order valence-corrected chi connectivity index (χ0v) is 21.6. The lowest BCUT2D eigenvalue weighted by Crippen LogP contribution is -1.97. The van der Waals surface area contributed by atoms with Crippen molar-refractivity contribution in [2.75, 3.05) is 0 Å². The smallest absolute Gasteiger partial charge is 0.137 e. The molecule has 176 valence electrons. The molecule has 0 fully saturated rings. The third-order valence-corrected chi connectivity index (χ3v) is 6.80. The average molecular weight is 539 g/mol. The Balaban J connectivity index is 1.77. The van der Waals surface area contributed by atoms with E-state index in [9.17, 15) is 0 Å². The molecule has 0 unspecified atom stereocenters. The Labute approximate surface area is 225 Å². The average Bonchev–Trinajstić information content (AvgIpc) is 3.35. The molecule has 37 heavy (non-hydrogen) atoms. The highest BCUT2D eigenvalue weighted by molar-refractivity contribution is 9.10. The molecule has 0 radical (unpaired) electrons. The van der Waals surface area contributed by atoms with Gasteiger partial charge in [-0.05, 0) is 41.0 Å². The molecule has 6 rings (SSSR count). The van der Waals surface area contributed by atoms with Crippen LogP contribution < -0.4 is 0 Å². The summed E-state index contributed by atoms with van der Waals surface area (Å²) in [6, 6.07) is 45.9. The molecule has 3 heteroatoms. The topological polar surface area (TPSA) is 17.3 Å². The van der Waals surface area contributed by atoms with Crippen molar-refractivity contribution in [1.82, 2.24) is 9.38 Å². The van der Waals surface area contributed by atoms with Gasteiger partial charge in [0.15, 0.2) is 0 Å². The highest BCUT2D eigenvalue weighted by Gasteiger charge is 2.20. The van der Waals surface area contributed by atoms with Crippen molar-refractivity contribution in [2.24, 2.45) is 0 Å². The third-order valence-electron chi connectivity index (χ3n) is 6.30. The van der Waals surface area contributed by atoms with Crippen LogP contribution in [0.1, 0.15) is 22.4 Å². The van der Waals surface area contributed by atoms with Crippen molar-refractivity contribution in [1.29, 1.82) is 0 Å². The van der Waals surface area contributed by atoms with E-state index in [1.807, 2.05) is 48.5 Å². The van der Waals surface area contributed by atoms with Gasteiger partial charge < -0.3 is 0 Å². The second-order valence-corrected chi connectivity index (χ2v) is 9.64. The molecule has 0 saturated carbocycles. The molecule has 0 atom stereocenters. The van der Waals surface area contributed by atoms with Crippen molar-refractivity contribution in [3.63, 3.8) is 0 Å². The summed E-state index contributed by atoms with van der Waals surface area (Å²) in [5, 5.41) is 0. The van der Waals surface area contributed by atoms with Crippen LogP contribution in [0.5, 0.6) is 0 Å². The fraction of sp³-hybridized carbons (Fsp3) is 0. The Kier molecular flexibility index (Phi) is 6.39. The first-order valence-corrected chi connectivity index (χ1v) is 13.0. The molecule has 0 N–H and O–H groups in total. The van der Waals surface area contributed by atoms with Crippen LogP contribution in [-0.4, -0.2) is 9.38 Å². The lowest BCUT2D eigenvalue weighted by Gasteiger charge is -2.12. The SMILES string of the molecule is Brc1cccc(-c2nc3ccccn3c2C(=C=C(c2ccccc2)c2ccccc2)c2ccccc2)c1. The van der Waals surface area contributed by atoms with Crippen LogP contribution in [0.15, 0.2) is 150 Å².